The van der Waals surface area contributed by atoms with Gasteiger partial charge in [-0.05, 0) is 24.4 Å². The van der Waals surface area contributed by atoms with Crippen molar-refractivity contribution in [2.24, 2.45) is 0 Å². The summed E-state index contributed by atoms with van der Waals surface area (Å²) in [5.41, 5.74) is 0.830. The average molecular weight is 385 g/mol. The highest BCUT2D eigenvalue weighted by Gasteiger charge is 2.32. The predicted molar refractivity (Wildman–Crippen MR) is 101 cm³/mol. The number of nitrogens with zero attached hydrogens (tertiary/aromatic N) is 5. The normalized spacial score (nSPS) is 15.8. The summed E-state index contributed by atoms with van der Waals surface area (Å²) < 4.78 is 5.31. The topological polar surface area (TPSA) is 95.6 Å². The summed E-state index contributed by atoms with van der Waals surface area (Å²) in [5.74, 6) is 0.694. The highest BCUT2D eigenvalue weighted by molar-refractivity contribution is 7.13. The molecule has 8 nitrogen and oxygen atoms in total. The van der Waals surface area contributed by atoms with E-state index in [9.17, 15) is 9.90 Å². The zero-order chi connectivity index (χ0) is 18.8. The van der Waals surface area contributed by atoms with Crippen LogP contribution in [0.2, 0.25) is 0 Å². The van der Waals surface area contributed by atoms with Gasteiger partial charge in [-0.25, -0.2) is 9.97 Å². The molecule has 0 saturated carbocycles. The number of rotatable bonds is 4. The monoisotopic (exact) mass is 385 g/mol. The number of aliphatic hydroxyl groups is 1. The lowest BCUT2D eigenvalue weighted by Crippen LogP contribution is -2.49. The summed E-state index contributed by atoms with van der Waals surface area (Å²) in [6.45, 7) is 3.91. The van der Waals surface area contributed by atoms with Crippen LogP contribution in [0, 0.1) is 0 Å². The Morgan fingerprint density at radius 1 is 1.22 bits per heavy atom. The minimum absolute atomic E-state index is 0.177. The molecule has 4 rings (SSSR count). The first-order chi connectivity index (χ1) is 13.1. The van der Waals surface area contributed by atoms with E-state index < -0.39 is 6.10 Å². The van der Waals surface area contributed by atoms with Crippen LogP contribution in [0.15, 0.2) is 40.5 Å². The third-order valence-corrected chi connectivity index (χ3v) is 5.34. The number of carbonyl (C=O) groups is 1. The summed E-state index contributed by atoms with van der Waals surface area (Å²) in [5, 5.41) is 16.0. The summed E-state index contributed by atoms with van der Waals surface area (Å²) >= 11 is 1.48. The van der Waals surface area contributed by atoms with Gasteiger partial charge in [0.2, 0.25) is 5.95 Å². The molecule has 1 N–H and O–H groups in total. The van der Waals surface area contributed by atoms with E-state index >= 15 is 0 Å². The van der Waals surface area contributed by atoms with Crippen molar-refractivity contribution in [2.75, 3.05) is 31.1 Å². The minimum atomic E-state index is -0.913. The second-order valence-electron chi connectivity index (χ2n) is 6.25. The summed E-state index contributed by atoms with van der Waals surface area (Å²) in [7, 11) is 0. The van der Waals surface area contributed by atoms with Crippen LogP contribution in [0.4, 0.5) is 5.95 Å². The second-order valence-corrected chi connectivity index (χ2v) is 7.20. The number of aromatic nitrogens is 3. The Morgan fingerprint density at radius 3 is 2.59 bits per heavy atom. The van der Waals surface area contributed by atoms with Gasteiger partial charge in [0.15, 0.2) is 5.76 Å². The molecule has 1 fully saturated rings. The van der Waals surface area contributed by atoms with Crippen molar-refractivity contribution in [3.63, 3.8) is 0 Å². The molecule has 0 aromatic carbocycles. The number of aliphatic hydroxyl groups excluding tert-OH is 1. The highest BCUT2D eigenvalue weighted by atomic mass is 32.1. The zero-order valence-corrected chi connectivity index (χ0v) is 15.6. The van der Waals surface area contributed by atoms with Gasteiger partial charge in [-0.3, -0.25) is 4.79 Å². The number of hydrogen-bond donors (Lipinski definition) is 1. The third kappa shape index (κ3) is 3.43. The molecular weight excluding hydrogens is 366 g/mol. The first-order valence-electron chi connectivity index (χ1n) is 8.68. The number of thiophene rings is 1. The van der Waals surface area contributed by atoms with Gasteiger partial charge >= 0.3 is 0 Å². The Balaban J connectivity index is 1.56. The molecule has 3 aromatic heterocycles. The molecule has 4 heterocycles. The van der Waals surface area contributed by atoms with Gasteiger partial charge in [0.05, 0.1) is 4.88 Å². The van der Waals surface area contributed by atoms with Crippen LogP contribution in [0.3, 0.4) is 0 Å². The summed E-state index contributed by atoms with van der Waals surface area (Å²) in [6, 6.07) is 5.55. The minimum Gasteiger partial charge on any atom is -0.385 e. The Morgan fingerprint density at radius 2 is 1.96 bits per heavy atom. The lowest BCUT2D eigenvalue weighted by atomic mass is 10.1. The van der Waals surface area contributed by atoms with Gasteiger partial charge in [-0.2, -0.15) is 0 Å². The maximum atomic E-state index is 13.2. The van der Waals surface area contributed by atoms with Gasteiger partial charge in [0.1, 0.15) is 17.4 Å². The molecular formula is C18H19N5O3S. The number of anilines is 1. The van der Waals surface area contributed by atoms with Gasteiger partial charge in [-0.1, -0.05) is 11.2 Å². The van der Waals surface area contributed by atoms with Crippen LogP contribution in [0.5, 0.6) is 0 Å². The molecule has 27 heavy (non-hydrogen) atoms. The first-order valence-corrected chi connectivity index (χ1v) is 9.56. The molecule has 0 unspecified atom stereocenters. The maximum absolute atomic E-state index is 13.2. The van der Waals surface area contributed by atoms with Crippen molar-refractivity contribution in [2.45, 2.75) is 13.0 Å². The van der Waals surface area contributed by atoms with Gasteiger partial charge < -0.3 is 19.4 Å². The molecule has 1 atom stereocenters. The van der Waals surface area contributed by atoms with Crippen LogP contribution < -0.4 is 4.90 Å². The summed E-state index contributed by atoms with van der Waals surface area (Å²) in [6.07, 6.45) is 2.50. The number of amides is 1. The summed E-state index contributed by atoms with van der Waals surface area (Å²) in [4.78, 5) is 26.4. The van der Waals surface area contributed by atoms with Crippen LogP contribution in [-0.4, -0.2) is 57.2 Å². The van der Waals surface area contributed by atoms with E-state index in [1.807, 2.05) is 22.4 Å². The smallest absolute Gasteiger partial charge is 0.260 e. The fourth-order valence-corrected chi connectivity index (χ4v) is 3.81. The molecule has 0 aliphatic carbocycles. The van der Waals surface area contributed by atoms with Gasteiger partial charge in [-0.15, -0.1) is 11.3 Å². The molecule has 3 aromatic rings. The van der Waals surface area contributed by atoms with Crippen molar-refractivity contribution in [3.8, 4) is 10.6 Å². The largest absolute Gasteiger partial charge is 0.385 e. The average Bonchev–Trinajstić information content (AvgIpc) is 3.37. The van der Waals surface area contributed by atoms with E-state index in [2.05, 4.69) is 15.1 Å². The van der Waals surface area contributed by atoms with E-state index in [4.69, 9.17) is 4.52 Å². The number of hydrogen-bond acceptors (Lipinski definition) is 8. The van der Waals surface area contributed by atoms with Crippen molar-refractivity contribution < 1.29 is 14.4 Å². The van der Waals surface area contributed by atoms with Gasteiger partial charge in [0.25, 0.3) is 5.91 Å². The molecule has 0 bridgehead atoms. The van der Waals surface area contributed by atoms with Crippen LogP contribution in [-0.2, 0) is 0 Å². The first kappa shape index (κ1) is 17.6. The van der Waals surface area contributed by atoms with E-state index in [0.29, 0.717) is 43.4 Å². The fourth-order valence-electron chi connectivity index (χ4n) is 3.10. The van der Waals surface area contributed by atoms with Crippen molar-refractivity contribution in [3.05, 3.63) is 47.3 Å². The highest BCUT2D eigenvalue weighted by Crippen LogP contribution is 2.33. The quantitative estimate of drug-likeness (QED) is 0.735. The lowest BCUT2D eigenvalue weighted by Gasteiger charge is -2.34. The molecule has 1 aliphatic rings. The van der Waals surface area contributed by atoms with Crippen LogP contribution in [0.1, 0.15) is 29.1 Å². The van der Waals surface area contributed by atoms with Crippen LogP contribution >= 0.6 is 11.3 Å². The Bertz CT molecular complexity index is 902. The predicted octanol–water partition coefficient (Wildman–Crippen LogP) is 2.21. The van der Waals surface area contributed by atoms with E-state index in [-0.39, 0.29) is 11.7 Å². The number of piperazine rings is 1. The molecule has 1 saturated heterocycles. The molecule has 0 radical (unpaired) electrons. The molecule has 0 spiro atoms. The molecule has 140 valence electrons. The fraction of sp³-hybridized carbons (Fsp3) is 0.333. The Hall–Kier alpha value is -2.78. The van der Waals surface area contributed by atoms with Crippen LogP contribution in [0.25, 0.3) is 10.6 Å². The van der Waals surface area contributed by atoms with Crippen molar-refractivity contribution in [1.82, 2.24) is 20.0 Å². The zero-order valence-electron chi connectivity index (χ0n) is 14.8. The second kappa shape index (κ2) is 7.45. The lowest BCUT2D eigenvalue weighted by molar-refractivity contribution is 0.0735. The molecule has 9 heteroatoms. The third-order valence-electron chi connectivity index (χ3n) is 4.47. The van der Waals surface area contributed by atoms with Crippen molar-refractivity contribution >= 4 is 23.2 Å². The standard InChI is InChI=1S/C18H19N5O3S/c1-12(24)16-14(15(21-26-16)13-4-2-11-27-13)17(25)22-7-9-23(10-8-22)18-19-5-3-6-20-18/h2-6,11-12,24H,7-10H2,1H3/t12-/m0/s1. The Labute approximate surface area is 160 Å². The molecule has 1 aliphatic heterocycles. The van der Waals surface area contributed by atoms with Gasteiger partial charge in [0, 0.05) is 38.6 Å². The van der Waals surface area contributed by atoms with E-state index in [1.54, 1.807) is 30.3 Å². The SMILES string of the molecule is C[C@H](O)c1onc(-c2cccs2)c1C(=O)N1CCN(c2ncccn2)CC1. The number of carbonyl (C=O) groups excluding carboxylic acids is 1. The maximum Gasteiger partial charge on any atom is 0.260 e. The van der Waals surface area contributed by atoms with E-state index in [0.717, 1.165) is 4.88 Å². The van der Waals surface area contributed by atoms with E-state index in [1.165, 1.54) is 11.3 Å². The molecule has 1 amide bonds. The van der Waals surface area contributed by atoms with Crippen molar-refractivity contribution in [1.29, 1.82) is 0 Å². The Kier molecular flexibility index (Phi) is 4.87.